The number of pyridine rings is 1. The molecule has 0 spiro atoms. The third-order valence-electron chi connectivity index (χ3n) is 3.12. The van der Waals surface area contributed by atoms with Gasteiger partial charge in [0.2, 0.25) is 0 Å². The minimum Gasteiger partial charge on any atom is -0.338 e. The van der Waals surface area contributed by atoms with Crippen LogP contribution in [-0.4, -0.2) is 29.5 Å². The lowest BCUT2D eigenvalue weighted by molar-refractivity contribution is 0.241. The van der Waals surface area contributed by atoms with Crippen molar-refractivity contribution >= 4 is 29.2 Å². The highest BCUT2D eigenvalue weighted by atomic mass is 35.5. The summed E-state index contributed by atoms with van der Waals surface area (Å²) in [6.07, 6.45) is 8.62. The van der Waals surface area contributed by atoms with Crippen LogP contribution in [0.2, 0.25) is 0 Å². The summed E-state index contributed by atoms with van der Waals surface area (Å²) in [7, 11) is 0. The molecule has 0 radical (unpaired) electrons. The quantitative estimate of drug-likeness (QED) is 0.818. The molecule has 1 unspecified atom stereocenters. The van der Waals surface area contributed by atoms with Gasteiger partial charge >= 0.3 is 6.03 Å². The van der Waals surface area contributed by atoms with E-state index < -0.39 is 0 Å². The zero-order chi connectivity index (χ0) is 15.1. The molecule has 112 valence electrons. The Morgan fingerprint density at radius 3 is 2.95 bits per heavy atom. The van der Waals surface area contributed by atoms with E-state index in [1.807, 2.05) is 18.2 Å². The van der Waals surface area contributed by atoms with Crippen LogP contribution in [0.3, 0.4) is 0 Å². The van der Waals surface area contributed by atoms with Gasteiger partial charge in [0.25, 0.3) is 0 Å². The second-order valence-electron chi connectivity index (χ2n) is 4.77. The van der Waals surface area contributed by atoms with E-state index in [1.165, 1.54) is 0 Å². The number of alkyl halides is 1. The lowest BCUT2D eigenvalue weighted by Crippen LogP contribution is -2.37. The van der Waals surface area contributed by atoms with E-state index in [2.05, 4.69) is 15.6 Å². The van der Waals surface area contributed by atoms with Crippen LogP contribution in [0.25, 0.3) is 0 Å². The van der Waals surface area contributed by atoms with Crippen molar-refractivity contribution in [3.8, 4) is 0 Å². The minimum absolute atomic E-state index is 0.188. The molecule has 2 N–H and O–H groups in total. The second-order valence-corrected chi connectivity index (χ2v) is 5.73. The number of aromatic nitrogens is 1. The molecule has 0 fully saturated rings. The predicted molar refractivity (Wildman–Crippen MR) is 85.6 cm³/mol. The van der Waals surface area contributed by atoms with Crippen molar-refractivity contribution in [1.29, 1.82) is 0 Å². The number of nitrogens with one attached hydrogen (secondary N) is 2. The van der Waals surface area contributed by atoms with Gasteiger partial charge in [-0.05, 0) is 36.1 Å². The Morgan fingerprint density at radius 1 is 1.38 bits per heavy atom. The molecular weight excluding hydrogens is 309 g/mol. The number of hydrogen-bond donors (Lipinski definition) is 2. The first-order chi connectivity index (χ1) is 10.1. The average Bonchev–Trinajstić information content (AvgIpc) is 2.49. The van der Waals surface area contributed by atoms with Gasteiger partial charge in [0, 0.05) is 30.5 Å². The molecule has 0 aliphatic heterocycles. The molecular formula is C15H17Cl2N3O. The highest BCUT2D eigenvalue weighted by Gasteiger charge is 2.15. The van der Waals surface area contributed by atoms with E-state index in [-0.39, 0.29) is 11.4 Å². The van der Waals surface area contributed by atoms with Gasteiger partial charge in [0.1, 0.15) is 0 Å². The first-order valence-electron chi connectivity index (χ1n) is 6.75. The molecule has 1 heterocycles. The first-order valence-corrected chi connectivity index (χ1v) is 7.56. The fourth-order valence-electron chi connectivity index (χ4n) is 1.95. The Labute approximate surface area is 134 Å². The molecule has 1 aliphatic rings. The summed E-state index contributed by atoms with van der Waals surface area (Å²) >= 11 is 12.0. The van der Waals surface area contributed by atoms with E-state index in [1.54, 1.807) is 18.5 Å². The van der Waals surface area contributed by atoms with Crippen LogP contribution in [0.5, 0.6) is 0 Å². The van der Waals surface area contributed by atoms with Crippen molar-refractivity contribution in [1.82, 2.24) is 15.6 Å². The van der Waals surface area contributed by atoms with Crippen LogP contribution in [0.1, 0.15) is 12.0 Å². The Hall–Kier alpha value is -1.52. The highest BCUT2D eigenvalue weighted by Crippen LogP contribution is 2.25. The fraction of sp³-hybridized carbons (Fsp3) is 0.333. The molecule has 1 aromatic heterocycles. The van der Waals surface area contributed by atoms with Crippen molar-refractivity contribution in [2.75, 3.05) is 13.1 Å². The van der Waals surface area contributed by atoms with Crippen LogP contribution in [0, 0.1) is 0 Å². The number of carbonyl (C=O) groups is 1. The molecule has 2 amide bonds. The monoisotopic (exact) mass is 325 g/mol. The largest absolute Gasteiger partial charge is 0.338 e. The van der Waals surface area contributed by atoms with Gasteiger partial charge in [-0.15, -0.1) is 11.6 Å². The fourth-order valence-corrected chi connectivity index (χ4v) is 2.36. The number of allylic oxidation sites excluding steroid dienone is 3. The van der Waals surface area contributed by atoms with Crippen LogP contribution in [0.15, 0.2) is 47.3 Å². The summed E-state index contributed by atoms with van der Waals surface area (Å²) in [6.45, 7) is 1.04. The van der Waals surface area contributed by atoms with E-state index in [0.29, 0.717) is 24.5 Å². The van der Waals surface area contributed by atoms with Gasteiger partial charge in [-0.1, -0.05) is 23.7 Å². The van der Waals surface area contributed by atoms with Crippen LogP contribution in [0.4, 0.5) is 4.79 Å². The Bertz CT molecular complexity index is 543. The zero-order valence-corrected chi connectivity index (χ0v) is 13.0. The lowest BCUT2D eigenvalue weighted by Gasteiger charge is -2.16. The maximum absolute atomic E-state index is 11.7. The van der Waals surface area contributed by atoms with Crippen molar-refractivity contribution in [3.63, 3.8) is 0 Å². The van der Waals surface area contributed by atoms with Crippen LogP contribution in [-0.2, 0) is 6.42 Å². The van der Waals surface area contributed by atoms with Gasteiger partial charge in [-0.25, -0.2) is 4.79 Å². The summed E-state index contributed by atoms with van der Waals surface area (Å²) in [5.41, 5.74) is 2.15. The molecule has 1 atom stereocenters. The maximum atomic E-state index is 11.7. The molecule has 6 heteroatoms. The second kappa shape index (κ2) is 8.05. The molecule has 1 aromatic rings. The number of hydrogen-bond acceptors (Lipinski definition) is 2. The smallest absolute Gasteiger partial charge is 0.315 e. The Balaban J connectivity index is 1.66. The lowest BCUT2D eigenvalue weighted by atomic mass is 10.0. The third-order valence-corrected chi connectivity index (χ3v) is 4.01. The van der Waals surface area contributed by atoms with Gasteiger partial charge in [-0.2, -0.15) is 0 Å². The highest BCUT2D eigenvalue weighted by molar-refractivity contribution is 6.37. The maximum Gasteiger partial charge on any atom is 0.315 e. The first kappa shape index (κ1) is 15.9. The Morgan fingerprint density at radius 2 is 2.24 bits per heavy atom. The molecule has 0 bridgehead atoms. The number of rotatable bonds is 5. The SMILES string of the molecule is O=C(NCCc1cccnc1)NCC1=CC=C(Cl)C(Cl)C1. The number of amides is 2. The van der Waals surface area contributed by atoms with Crippen molar-refractivity contribution in [3.05, 3.63) is 52.8 Å². The van der Waals surface area contributed by atoms with E-state index in [9.17, 15) is 4.79 Å². The van der Waals surface area contributed by atoms with Gasteiger partial charge in [0.05, 0.1) is 5.38 Å². The summed E-state index contributed by atoms with van der Waals surface area (Å²) in [4.78, 5) is 15.7. The van der Waals surface area contributed by atoms with E-state index in [4.69, 9.17) is 23.2 Å². The number of nitrogens with zero attached hydrogens (tertiary/aromatic N) is 1. The van der Waals surface area contributed by atoms with E-state index >= 15 is 0 Å². The van der Waals surface area contributed by atoms with Crippen LogP contribution < -0.4 is 10.6 Å². The standard InChI is InChI=1S/C15H17Cl2N3O/c16-13-4-3-12(8-14(13)17)10-20-15(21)19-7-5-11-2-1-6-18-9-11/h1-4,6,9,14H,5,7-8,10H2,(H2,19,20,21). The third kappa shape index (κ3) is 5.40. The molecule has 2 rings (SSSR count). The summed E-state index contributed by atoms with van der Waals surface area (Å²) in [6, 6.07) is 3.68. The minimum atomic E-state index is -0.192. The van der Waals surface area contributed by atoms with Crippen LogP contribution >= 0.6 is 23.2 Å². The number of halogens is 2. The summed E-state index contributed by atoms with van der Waals surface area (Å²) in [5.74, 6) is 0. The normalized spacial score (nSPS) is 17.7. The average molecular weight is 326 g/mol. The zero-order valence-electron chi connectivity index (χ0n) is 11.5. The summed E-state index contributed by atoms with van der Waals surface area (Å²) < 4.78 is 0. The number of urea groups is 1. The topological polar surface area (TPSA) is 54.0 Å². The van der Waals surface area contributed by atoms with Crippen molar-refractivity contribution in [2.24, 2.45) is 0 Å². The molecule has 4 nitrogen and oxygen atoms in total. The molecule has 0 aromatic carbocycles. The van der Waals surface area contributed by atoms with Gasteiger partial charge < -0.3 is 10.6 Å². The Kier molecular flexibility index (Phi) is 6.08. The summed E-state index contributed by atoms with van der Waals surface area (Å²) in [5, 5.41) is 6.07. The van der Waals surface area contributed by atoms with Crippen molar-refractivity contribution < 1.29 is 4.79 Å². The molecule has 0 saturated heterocycles. The van der Waals surface area contributed by atoms with Crippen molar-refractivity contribution in [2.45, 2.75) is 18.2 Å². The molecule has 0 saturated carbocycles. The predicted octanol–water partition coefficient (Wildman–Crippen LogP) is 2.98. The number of carbonyl (C=O) groups excluding carboxylic acids is 1. The van der Waals surface area contributed by atoms with Gasteiger partial charge in [-0.3, -0.25) is 4.98 Å². The molecule has 21 heavy (non-hydrogen) atoms. The van der Waals surface area contributed by atoms with E-state index in [0.717, 1.165) is 17.6 Å². The van der Waals surface area contributed by atoms with Gasteiger partial charge in [0.15, 0.2) is 0 Å². The molecule has 1 aliphatic carbocycles.